The molecule has 0 radical (unpaired) electrons. The van der Waals surface area contributed by atoms with E-state index in [1.165, 1.54) is 19.1 Å². The van der Waals surface area contributed by atoms with Crippen LogP contribution in [0.3, 0.4) is 0 Å². The minimum atomic E-state index is -0.787. The number of hydrogen-bond acceptors (Lipinski definition) is 5. The van der Waals surface area contributed by atoms with Gasteiger partial charge in [-0.1, -0.05) is 12.1 Å². The van der Waals surface area contributed by atoms with Crippen molar-refractivity contribution in [3.05, 3.63) is 40.0 Å². The second-order valence-corrected chi connectivity index (χ2v) is 4.07. The third-order valence-corrected chi connectivity index (χ3v) is 3.12. The second kappa shape index (κ2) is 4.36. The largest absolute Gasteiger partial charge is 0.507 e. The molecule has 5 nitrogen and oxygen atoms in total. The average molecular weight is 248 g/mol. The lowest BCUT2D eigenvalue weighted by molar-refractivity contribution is -0.111. The maximum absolute atomic E-state index is 11.9. The number of aliphatic hydroxyl groups is 3. The molecule has 2 rings (SSSR count). The molecule has 1 aromatic rings. The fourth-order valence-electron chi connectivity index (χ4n) is 2.07. The third-order valence-electron chi connectivity index (χ3n) is 3.12. The Labute approximate surface area is 103 Å². The Bertz CT molecular complexity index is 583. The lowest BCUT2D eigenvalue weighted by Gasteiger charge is -2.19. The predicted octanol–water partition coefficient (Wildman–Crippen LogP) is 0.726. The van der Waals surface area contributed by atoms with Crippen molar-refractivity contribution in [2.45, 2.75) is 20.1 Å². The molecule has 0 aromatic heterocycles. The van der Waals surface area contributed by atoms with Crippen LogP contribution in [0.4, 0.5) is 0 Å². The van der Waals surface area contributed by atoms with Crippen LogP contribution < -0.4 is 0 Å². The summed E-state index contributed by atoms with van der Waals surface area (Å²) >= 11 is 0. The van der Waals surface area contributed by atoms with Crippen molar-refractivity contribution >= 4 is 17.3 Å². The Kier molecular flexibility index (Phi) is 3.02. The van der Waals surface area contributed by atoms with Crippen LogP contribution in [0.2, 0.25) is 0 Å². The standard InChI is InChI=1S/C13H12O5/c1-6-11(16)8-3-2-7(4-14)9(5-15)10(8)13(18)12(6)17/h2-3,14-16H,4-5H2,1H3. The van der Waals surface area contributed by atoms with Crippen LogP contribution in [0.1, 0.15) is 34.0 Å². The normalized spacial score (nSPS) is 15.1. The van der Waals surface area contributed by atoms with Crippen LogP contribution in [0, 0.1) is 0 Å². The van der Waals surface area contributed by atoms with Gasteiger partial charge in [0, 0.05) is 16.7 Å². The van der Waals surface area contributed by atoms with Gasteiger partial charge in [0.2, 0.25) is 11.6 Å². The van der Waals surface area contributed by atoms with Crippen LogP contribution in [-0.2, 0) is 18.0 Å². The first kappa shape index (κ1) is 12.5. The van der Waals surface area contributed by atoms with Gasteiger partial charge in [-0.15, -0.1) is 0 Å². The summed E-state index contributed by atoms with van der Waals surface area (Å²) in [4.78, 5) is 23.6. The molecule has 0 spiro atoms. The lowest BCUT2D eigenvalue weighted by Crippen LogP contribution is -2.25. The van der Waals surface area contributed by atoms with Crippen LogP contribution in [0.5, 0.6) is 0 Å². The molecule has 5 heteroatoms. The molecule has 94 valence electrons. The first-order valence-electron chi connectivity index (χ1n) is 5.38. The highest BCUT2D eigenvalue weighted by atomic mass is 16.3. The average Bonchev–Trinajstić information content (AvgIpc) is 2.40. The van der Waals surface area contributed by atoms with E-state index in [0.29, 0.717) is 5.56 Å². The maximum Gasteiger partial charge on any atom is 0.234 e. The fourth-order valence-corrected chi connectivity index (χ4v) is 2.07. The predicted molar refractivity (Wildman–Crippen MR) is 62.8 cm³/mol. The van der Waals surface area contributed by atoms with E-state index >= 15 is 0 Å². The molecular weight excluding hydrogens is 236 g/mol. The molecule has 0 aliphatic heterocycles. The number of allylic oxidation sites excluding steroid dienone is 1. The number of carbonyl (C=O) groups excluding carboxylic acids is 2. The van der Waals surface area contributed by atoms with Gasteiger partial charge in [0.15, 0.2) is 0 Å². The topological polar surface area (TPSA) is 94.8 Å². The van der Waals surface area contributed by atoms with Crippen molar-refractivity contribution in [3.63, 3.8) is 0 Å². The summed E-state index contributed by atoms with van der Waals surface area (Å²) in [5.41, 5.74) is 0.751. The lowest BCUT2D eigenvalue weighted by atomic mass is 9.84. The molecule has 1 aromatic carbocycles. The minimum Gasteiger partial charge on any atom is -0.507 e. The van der Waals surface area contributed by atoms with Crippen LogP contribution in [-0.4, -0.2) is 26.9 Å². The van der Waals surface area contributed by atoms with Crippen LogP contribution >= 0.6 is 0 Å². The van der Waals surface area contributed by atoms with Gasteiger partial charge in [0.1, 0.15) is 5.76 Å². The third kappa shape index (κ3) is 1.56. The van der Waals surface area contributed by atoms with Gasteiger partial charge in [-0.2, -0.15) is 0 Å². The molecule has 0 bridgehead atoms. The second-order valence-electron chi connectivity index (χ2n) is 4.07. The van der Waals surface area contributed by atoms with Crippen molar-refractivity contribution < 1.29 is 24.9 Å². The van der Waals surface area contributed by atoms with Crippen molar-refractivity contribution in [3.8, 4) is 0 Å². The van der Waals surface area contributed by atoms with E-state index < -0.39 is 18.2 Å². The molecule has 0 saturated carbocycles. The van der Waals surface area contributed by atoms with E-state index in [9.17, 15) is 19.8 Å². The zero-order chi connectivity index (χ0) is 13.4. The SMILES string of the molecule is CC1=C(O)c2ccc(CO)c(CO)c2C(=O)C1=O. The molecule has 0 atom stereocenters. The monoisotopic (exact) mass is 248 g/mol. The van der Waals surface area contributed by atoms with Crippen molar-refractivity contribution in [2.75, 3.05) is 0 Å². The van der Waals surface area contributed by atoms with Gasteiger partial charge in [0.25, 0.3) is 0 Å². The Morgan fingerprint density at radius 2 is 1.72 bits per heavy atom. The van der Waals surface area contributed by atoms with E-state index in [4.69, 9.17) is 5.11 Å². The zero-order valence-corrected chi connectivity index (χ0v) is 9.73. The maximum atomic E-state index is 11.9. The molecule has 3 N–H and O–H groups in total. The summed E-state index contributed by atoms with van der Waals surface area (Å²) in [6, 6.07) is 2.97. The summed E-state index contributed by atoms with van der Waals surface area (Å²) in [7, 11) is 0. The highest BCUT2D eigenvalue weighted by molar-refractivity contribution is 6.52. The van der Waals surface area contributed by atoms with Gasteiger partial charge in [0.05, 0.1) is 13.2 Å². The van der Waals surface area contributed by atoms with Gasteiger partial charge < -0.3 is 15.3 Å². The van der Waals surface area contributed by atoms with Crippen molar-refractivity contribution in [1.29, 1.82) is 0 Å². The molecular formula is C13H12O5. The van der Waals surface area contributed by atoms with Gasteiger partial charge >= 0.3 is 0 Å². The number of aliphatic hydroxyl groups excluding tert-OH is 3. The van der Waals surface area contributed by atoms with Gasteiger partial charge in [-0.3, -0.25) is 9.59 Å². The van der Waals surface area contributed by atoms with Crippen molar-refractivity contribution in [2.24, 2.45) is 0 Å². The quantitative estimate of drug-likeness (QED) is 0.670. The summed E-state index contributed by atoms with van der Waals surface area (Å²) in [6.07, 6.45) is 0. The Morgan fingerprint density at radius 1 is 1.06 bits per heavy atom. The summed E-state index contributed by atoms with van der Waals surface area (Å²) in [6.45, 7) is 0.537. The summed E-state index contributed by atoms with van der Waals surface area (Å²) < 4.78 is 0. The number of benzene rings is 1. The Morgan fingerprint density at radius 3 is 2.28 bits per heavy atom. The smallest absolute Gasteiger partial charge is 0.234 e. The number of fused-ring (bicyclic) bond motifs is 1. The fraction of sp³-hybridized carbons (Fsp3) is 0.231. The van der Waals surface area contributed by atoms with E-state index in [-0.39, 0.29) is 34.6 Å². The molecule has 1 aliphatic rings. The highest BCUT2D eigenvalue weighted by Gasteiger charge is 2.33. The molecule has 0 amide bonds. The number of hydrogen-bond donors (Lipinski definition) is 3. The van der Waals surface area contributed by atoms with E-state index in [1.807, 2.05) is 0 Å². The van der Waals surface area contributed by atoms with E-state index in [1.54, 1.807) is 0 Å². The summed E-state index contributed by atoms with van der Waals surface area (Å²) in [5.74, 6) is -1.81. The number of ketones is 2. The minimum absolute atomic E-state index is 0.00635. The molecule has 0 unspecified atom stereocenters. The Hall–Kier alpha value is -1.98. The molecule has 0 saturated heterocycles. The molecule has 18 heavy (non-hydrogen) atoms. The van der Waals surface area contributed by atoms with E-state index in [2.05, 4.69) is 0 Å². The molecule has 0 fully saturated rings. The highest BCUT2D eigenvalue weighted by Crippen LogP contribution is 2.31. The first-order valence-corrected chi connectivity index (χ1v) is 5.38. The Balaban J connectivity index is 2.83. The molecule has 1 aliphatic carbocycles. The number of rotatable bonds is 2. The first-order chi connectivity index (χ1) is 8.52. The van der Waals surface area contributed by atoms with Crippen LogP contribution in [0.25, 0.3) is 5.76 Å². The van der Waals surface area contributed by atoms with E-state index in [0.717, 1.165) is 0 Å². The molecule has 0 heterocycles. The van der Waals surface area contributed by atoms with Crippen molar-refractivity contribution in [1.82, 2.24) is 0 Å². The van der Waals surface area contributed by atoms with Gasteiger partial charge in [-0.05, 0) is 18.1 Å². The summed E-state index contributed by atoms with van der Waals surface area (Å²) in [5, 5.41) is 28.3. The van der Waals surface area contributed by atoms with Crippen LogP contribution in [0.15, 0.2) is 17.7 Å². The number of carbonyl (C=O) groups is 2. The van der Waals surface area contributed by atoms with Gasteiger partial charge in [-0.25, -0.2) is 0 Å². The zero-order valence-electron chi connectivity index (χ0n) is 9.73. The number of Topliss-reactive ketones (excluding diaryl/α,β-unsaturated/α-hetero) is 2.